The van der Waals surface area contributed by atoms with Crippen LogP contribution < -0.4 is 0 Å². The van der Waals surface area contributed by atoms with Gasteiger partial charge in [0.15, 0.2) is 17.5 Å². The van der Waals surface area contributed by atoms with Gasteiger partial charge in [0.05, 0.1) is 23.7 Å². The largest absolute Gasteiger partial charge is 0.394 e. The summed E-state index contributed by atoms with van der Waals surface area (Å²) in [5.74, 6) is -5.07. The number of halogens is 3. The van der Waals surface area contributed by atoms with E-state index in [2.05, 4.69) is 10.3 Å². The van der Waals surface area contributed by atoms with Crippen molar-refractivity contribution in [2.45, 2.75) is 78.5 Å². The van der Waals surface area contributed by atoms with Gasteiger partial charge in [0.25, 0.3) is 0 Å². The molecule has 0 radical (unpaired) electrons. The van der Waals surface area contributed by atoms with Crippen molar-refractivity contribution in [1.82, 2.24) is 24.2 Å². The second-order valence-electron chi connectivity index (χ2n) is 11.7. The summed E-state index contributed by atoms with van der Waals surface area (Å²) in [7, 11) is -1.96. The fourth-order valence-electron chi connectivity index (χ4n) is 5.62. The Balaban J connectivity index is 1.41. The fourth-order valence-corrected chi connectivity index (χ4v) is 9.05. The lowest BCUT2D eigenvalue weighted by molar-refractivity contribution is -0.179. The monoisotopic (exact) mass is 679 g/mol. The number of rotatable bonds is 10. The zero-order valence-electron chi connectivity index (χ0n) is 24.5. The summed E-state index contributed by atoms with van der Waals surface area (Å²) in [6.45, 7) is 1.31. The molecule has 250 valence electrons. The van der Waals surface area contributed by atoms with Crippen LogP contribution in [0, 0.1) is 17.5 Å². The molecule has 0 unspecified atom stereocenters. The van der Waals surface area contributed by atoms with Crippen molar-refractivity contribution in [1.29, 1.82) is 0 Å². The lowest BCUT2D eigenvalue weighted by Crippen LogP contribution is -2.59. The Bertz CT molecular complexity index is 1480. The van der Waals surface area contributed by atoms with Gasteiger partial charge in [0.2, 0.25) is 15.9 Å². The third-order valence-corrected chi connectivity index (χ3v) is 12.6. The number of carbonyl (C=O) groups is 1. The van der Waals surface area contributed by atoms with Gasteiger partial charge in [-0.2, -0.15) is 0 Å². The van der Waals surface area contributed by atoms with Crippen LogP contribution in [-0.4, -0.2) is 132 Å². The molecular formula is C27H36F3N5O8S2. The van der Waals surface area contributed by atoms with Gasteiger partial charge in [-0.05, 0) is 44.7 Å². The zero-order valence-corrected chi connectivity index (χ0v) is 26.2. The second kappa shape index (κ2) is 13.1. The molecule has 1 aliphatic carbocycles. The molecule has 5 rings (SSSR count). The highest BCUT2D eigenvalue weighted by molar-refractivity contribution is 8.01. The van der Waals surface area contributed by atoms with Gasteiger partial charge in [0.1, 0.15) is 40.7 Å². The first-order valence-electron chi connectivity index (χ1n) is 14.5. The van der Waals surface area contributed by atoms with Gasteiger partial charge in [-0.25, -0.2) is 30.6 Å². The third-order valence-electron chi connectivity index (χ3n) is 8.67. The van der Waals surface area contributed by atoms with Crippen molar-refractivity contribution in [3.8, 4) is 11.3 Å². The quantitative estimate of drug-likeness (QED) is 0.253. The van der Waals surface area contributed by atoms with Crippen LogP contribution in [0.3, 0.4) is 0 Å². The number of benzene rings is 1. The first kappa shape index (κ1) is 34.0. The minimum Gasteiger partial charge on any atom is -0.394 e. The van der Waals surface area contributed by atoms with E-state index < -0.39 is 85.9 Å². The molecule has 0 spiro atoms. The van der Waals surface area contributed by atoms with Crippen molar-refractivity contribution < 1.29 is 51.5 Å². The molecule has 18 heteroatoms. The van der Waals surface area contributed by atoms with E-state index in [1.54, 1.807) is 6.92 Å². The van der Waals surface area contributed by atoms with Crippen LogP contribution in [-0.2, 0) is 19.6 Å². The molecule has 2 saturated heterocycles. The molecule has 45 heavy (non-hydrogen) atoms. The Kier molecular flexibility index (Phi) is 9.87. The predicted octanol–water partition coefficient (Wildman–Crippen LogP) is 0.242. The van der Waals surface area contributed by atoms with Crippen molar-refractivity contribution in [3.63, 3.8) is 0 Å². The highest BCUT2D eigenvalue weighted by Gasteiger charge is 2.53. The summed E-state index contributed by atoms with van der Waals surface area (Å²) in [5, 5.41) is 50.3. The third kappa shape index (κ3) is 6.60. The average molecular weight is 680 g/mol. The van der Waals surface area contributed by atoms with Crippen molar-refractivity contribution in [3.05, 3.63) is 35.8 Å². The van der Waals surface area contributed by atoms with E-state index in [0.717, 1.165) is 16.4 Å². The molecule has 3 aliphatic rings. The van der Waals surface area contributed by atoms with E-state index in [1.165, 1.54) is 22.4 Å². The Morgan fingerprint density at radius 1 is 1.18 bits per heavy atom. The molecule has 1 aromatic heterocycles. The van der Waals surface area contributed by atoms with E-state index in [-0.39, 0.29) is 43.7 Å². The number of aliphatic hydroxyl groups is 4. The fraction of sp³-hybridized carbons (Fsp3) is 0.667. The summed E-state index contributed by atoms with van der Waals surface area (Å²) >= 11 is 0.781. The first-order valence-corrected chi connectivity index (χ1v) is 17.0. The maximum Gasteiger partial charge on any atom is 0.238 e. The van der Waals surface area contributed by atoms with Crippen LogP contribution in [0.2, 0.25) is 0 Å². The minimum absolute atomic E-state index is 0.00347. The average Bonchev–Trinajstić information content (AvgIpc) is 3.77. The molecule has 4 N–H and O–H groups in total. The molecule has 1 amide bonds. The van der Waals surface area contributed by atoms with E-state index >= 15 is 0 Å². The Labute approximate surface area is 262 Å². The standard InChI is InChI=1S/C27H36F3N5O8S2/c1-3-33(2)25(39)24(27(40)6-8-34(9-7-27)45(41,42)15-4-5-15)44-26-23(38)21(22(37)19(13-36)43-26)35-12-18(31-32-35)14-10-16(28)20(30)17(29)11-14/h10-12,15,19,21-24,26,36-38,40H,3-9,13H2,1-2H3/t19-,21+,22+,23-,24-,26+/m1/s1. The highest BCUT2D eigenvalue weighted by atomic mass is 32.2. The Morgan fingerprint density at radius 2 is 1.80 bits per heavy atom. The predicted molar refractivity (Wildman–Crippen MR) is 155 cm³/mol. The van der Waals surface area contributed by atoms with E-state index in [4.69, 9.17) is 4.74 Å². The summed E-state index contributed by atoms with van der Waals surface area (Å²) < 4.78 is 74.9. The molecule has 2 aromatic rings. The molecule has 3 fully saturated rings. The summed E-state index contributed by atoms with van der Waals surface area (Å²) in [6.07, 6.45) is -2.25. The molecule has 1 aromatic carbocycles. The van der Waals surface area contributed by atoms with Crippen LogP contribution in [0.5, 0.6) is 0 Å². The number of piperidine rings is 1. The van der Waals surface area contributed by atoms with Crippen LogP contribution in [0.1, 0.15) is 38.6 Å². The number of amides is 1. The molecule has 2 aliphatic heterocycles. The van der Waals surface area contributed by atoms with Crippen molar-refractivity contribution in [2.75, 3.05) is 33.3 Å². The molecule has 1 saturated carbocycles. The second-order valence-corrected chi connectivity index (χ2v) is 15.1. The van der Waals surface area contributed by atoms with Crippen LogP contribution in [0.4, 0.5) is 13.2 Å². The van der Waals surface area contributed by atoms with Gasteiger partial charge in [-0.3, -0.25) is 4.79 Å². The number of aliphatic hydroxyl groups excluding tert-OH is 3. The summed E-state index contributed by atoms with van der Waals surface area (Å²) in [6, 6.07) is 0.0759. The molecule has 13 nitrogen and oxygen atoms in total. The number of hydrogen-bond donors (Lipinski definition) is 4. The Morgan fingerprint density at radius 3 is 2.36 bits per heavy atom. The van der Waals surface area contributed by atoms with Crippen LogP contribution in [0.15, 0.2) is 18.3 Å². The minimum atomic E-state index is -3.50. The van der Waals surface area contributed by atoms with Gasteiger partial charge < -0.3 is 30.1 Å². The van der Waals surface area contributed by atoms with E-state index in [1.807, 2.05) is 0 Å². The molecule has 3 heterocycles. The SMILES string of the molecule is CCN(C)C(=O)[C@@H](S[C@@H]1O[C@H](CO)[C@H](O)[C@H](n2cc(-c3cc(F)c(F)c(F)c3)nn2)[C@H]1O)C1(O)CCN(S(=O)(=O)C2CC2)CC1. The van der Waals surface area contributed by atoms with Crippen molar-refractivity contribution in [2.24, 2.45) is 0 Å². The van der Waals surface area contributed by atoms with Gasteiger partial charge in [-0.15, -0.1) is 16.9 Å². The lowest BCUT2D eigenvalue weighted by Gasteiger charge is -2.46. The summed E-state index contributed by atoms with van der Waals surface area (Å²) in [4.78, 5) is 15.0. The molecule has 6 atom stereocenters. The Hall–Kier alpha value is -2.32. The van der Waals surface area contributed by atoms with E-state index in [9.17, 15) is 46.8 Å². The first-order chi connectivity index (χ1) is 21.2. The number of thioether (sulfide) groups is 1. The number of sulfonamides is 1. The van der Waals surface area contributed by atoms with Crippen molar-refractivity contribution >= 4 is 27.7 Å². The highest BCUT2D eigenvalue weighted by Crippen LogP contribution is 2.43. The number of aromatic nitrogens is 3. The van der Waals surface area contributed by atoms with Gasteiger partial charge >= 0.3 is 0 Å². The maximum atomic E-state index is 13.9. The lowest BCUT2D eigenvalue weighted by atomic mass is 9.88. The van der Waals surface area contributed by atoms with Crippen LogP contribution >= 0.6 is 11.8 Å². The molecular weight excluding hydrogens is 643 g/mol. The molecule has 0 bridgehead atoms. The maximum absolute atomic E-state index is 13.9. The number of nitrogens with zero attached hydrogens (tertiary/aromatic N) is 5. The number of ether oxygens (including phenoxy) is 1. The smallest absolute Gasteiger partial charge is 0.238 e. The number of carbonyl (C=O) groups excluding carboxylic acids is 1. The topological polar surface area (TPSA) is 179 Å². The summed E-state index contributed by atoms with van der Waals surface area (Å²) in [5.41, 5.74) is -3.28. The number of hydrogen-bond acceptors (Lipinski definition) is 11. The zero-order chi connectivity index (χ0) is 32.8. The normalized spacial score (nSPS) is 28.2. The van der Waals surface area contributed by atoms with Gasteiger partial charge in [0, 0.05) is 32.2 Å². The van der Waals surface area contributed by atoms with Crippen LogP contribution in [0.25, 0.3) is 11.3 Å². The van der Waals surface area contributed by atoms with E-state index in [0.29, 0.717) is 25.0 Å². The van der Waals surface area contributed by atoms with Gasteiger partial charge in [-0.1, -0.05) is 5.21 Å².